The smallest absolute Gasteiger partial charge is 0.332 e. The lowest BCUT2D eigenvalue weighted by atomic mass is 9.86. The molecule has 2 amide bonds. The summed E-state index contributed by atoms with van der Waals surface area (Å²) in [5.41, 5.74) is 8.14. The highest BCUT2D eigenvalue weighted by molar-refractivity contribution is 5.83. The van der Waals surface area contributed by atoms with Crippen LogP contribution in [-0.2, 0) is 0 Å². The lowest BCUT2D eigenvalue weighted by molar-refractivity contribution is 0.249. The van der Waals surface area contributed by atoms with Crippen molar-refractivity contribution in [2.75, 3.05) is 0 Å². The second-order valence-electron chi connectivity index (χ2n) is 4.37. The minimum atomic E-state index is -0.591. The molecular weight excluding hydrogens is 190 g/mol. The van der Waals surface area contributed by atoms with Gasteiger partial charge in [-0.05, 0) is 25.7 Å². The van der Waals surface area contributed by atoms with Crippen LogP contribution in [0.4, 0.5) is 4.79 Å². The number of hydrazone groups is 1. The molecule has 0 spiro atoms. The number of primary amides is 1. The molecule has 0 atom stereocenters. The van der Waals surface area contributed by atoms with Crippen LogP contribution in [0.15, 0.2) is 5.10 Å². The van der Waals surface area contributed by atoms with Crippen LogP contribution < -0.4 is 11.2 Å². The van der Waals surface area contributed by atoms with Crippen LogP contribution >= 0.6 is 0 Å². The Hall–Kier alpha value is -1.06. The van der Waals surface area contributed by atoms with Gasteiger partial charge in [-0.1, -0.05) is 32.1 Å². The Morgan fingerprint density at radius 2 is 2.07 bits per heavy atom. The molecule has 1 rings (SSSR count). The van der Waals surface area contributed by atoms with Gasteiger partial charge in [0.15, 0.2) is 0 Å². The summed E-state index contributed by atoms with van der Waals surface area (Å²) in [6, 6.07) is -0.591. The molecule has 3 N–H and O–H groups in total. The number of carbonyl (C=O) groups is 1. The largest absolute Gasteiger partial charge is 0.350 e. The number of nitrogens with two attached hydrogens (primary N) is 1. The van der Waals surface area contributed by atoms with E-state index in [9.17, 15) is 4.79 Å². The fourth-order valence-corrected chi connectivity index (χ4v) is 2.10. The third-order valence-electron chi connectivity index (χ3n) is 3.00. The van der Waals surface area contributed by atoms with Gasteiger partial charge in [-0.25, -0.2) is 10.2 Å². The van der Waals surface area contributed by atoms with Crippen molar-refractivity contribution in [3.63, 3.8) is 0 Å². The van der Waals surface area contributed by atoms with Crippen molar-refractivity contribution in [3.8, 4) is 0 Å². The standard InChI is InChI=1S/C11H21N3O/c1-9(13-14-11(12)15)7-8-10-5-3-2-4-6-10/h10H,2-8H2,1H3,(H3,12,14,15)/b13-9-. The molecule has 0 aromatic carbocycles. The number of nitrogens with zero attached hydrogens (tertiary/aromatic N) is 1. The summed E-state index contributed by atoms with van der Waals surface area (Å²) in [7, 11) is 0. The summed E-state index contributed by atoms with van der Waals surface area (Å²) in [4.78, 5) is 10.4. The molecule has 86 valence electrons. The second-order valence-corrected chi connectivity index (χ2v) is 4.37. The van der Waals surface area contributed by atoms with Gasteiger partial charge in [0.2, 0.25) is 0 Å². The van der Waals surface area contributed by atoms with Crippen LogP contribution in [0.1, 0.15) is 51.9 Å². The van der Waals surface area contributed by atoms with Gasteiger partial charge in [-0.2, -0.15) is 5.10 Å². The average molecular weight is 211 g/mol. The molecule has 0 bridgehead atoms. The molecule has 0 aromatic heterocycles. The van der Waals surface area contributed by atoms with E-state index in [0.717, 1.165) is 18.1 Å². The molecule has 1 aliphatic rings. The van der Waals surface area contributed by atoms with Crippen LogP contribution in [0.3, 0.4) is 0 Å². The molecule has 0 unspecified atom stereocenters. The number of nitrogens with one attached hydrogen (secondary N) is 1. The molecular formula is C11H21N3O. The SMILES string of the molecule is C/C(CCC1CCCCC1)=N/NC(N)=O. The van der Waals surface area contributed by atoms with E-state index in [1.807, 2.05) is 6.92 Å². The molecule has 0 aromatic rings. The Balaban J connectivity index is 2.17. The maximum atomic E-state index is 10.4. The molecule has 1 saturated carbocycles. The minimum Gasteiger partial charge on any atom is -0.350 e. The molecule has 0 aliphatic heterocycles. The van der Waals surface area contributed by atoms with Crippen LogP contribution in [0.2, 0.25) is 0 Å². The molecule has 0 saturated heterocycles. The first kappa shape index (κ1) is 12.0. The van der Waals surface area contributed by atoms with Gasteiger partial charge in [0.25, 0.3) is 0 Å². The summed E-state index contributed by atoms with van der Waals surface area (Å²) >= 11 is 0. The molecule has 1 fully saturated rings. The van der Waals surface area contributed by atoms with E-state index in [1.165, 1.54) is 38.5 Å². The highest BCUT2D eigenvalue weighted by atomic mass is 16.2. The van der Waals surface area contributed by atoms with E-state index in [2.05, 4.69) is 10.5 Å². The number of amides is 2. The van der Waals surface area contributed by atoms with Crippen molar-refractivity contribution < 1.29 is 4.79 Å². The van der Waals surface area contributed by atoms with Crippen LogP contribution in [-0.4, -0.2) is 11.7 Å². The van der Waals surface area contributed by atoms with Crippen LogP contribution in [0, 0.1) is 5.92 Å². The van der Waals surface area contributed by atoms with Crippen molar-refractivity contribution in [2.45, 2.75) is 51.9 Å². The van der Waals surface area contributed by atoms with Gasteiger partial charge in [0.1, 0.15) is 0 Å². The molecule has 1 aliphatic carbocycles. The first-order valence-electron chi connectivity index (χ1n) is 5.77. The summed E-state index contributed by atoms with van der Waals surface area (Å²) in [6.45, 7) is 1.93. The first-order valence-corrected chi connectivity index (χ1v) is 5.77. The molecule has 0 heterocycles. The van der Waals surface area contributed by atoms with Gasteiger partial charge in [-0.15, -0.1) is 0 Å². The molecule has 15 heavy (non-hydrogen) atoms. The van der Waals surface area contributed by atoms with Crippen molar-refractivity contribution in [1.29, 1.82) is 0 Å². The van der Waals surface area contributed by atoms with Gasteiger partial charge in [0.05, 0.1) is 0 Å². The predicted molar refractivity (Wildman–Crippen MR) is 61.6 cm³/mol. The molecule has 4 nitrogen and oxygen atoms in total. The maximum absolute atomic E-state index is 10.4. The quantitative estimate of drug-likeness (QED) is 0.544. The lowest BCUT2D eigenvalue weighted by Gasteiger charge is -2.21. The van der Waals surface area contributed by atoms with Gasteiger partial charge < -0.3 is 5.73 Å². The first-order chi connectivity index (χ1) is 7.18. The topological polar surface area (TPSA) is 67.5 Å². The Labute approximate surface area is 91.3 Å². The zero-order chi connectivity index (χ0) is 11.1. The Bertz CT molecular complexity index is 232. The Morgan fingerprint density at radius 1 is 1.40 bits per heavy atom. The van der Waals surface area contributed by atoms with E-state index < -0.39 is 6.03 Å². The van der Waals surface area contributed by atoms with Gasteiger partial charge in [0, 0.05) is 5.71 Å². The fourth-order valence-electron chi connectivity index (χ4n) is 2.10. The van der Waals surface area contributed by atoms with Crippen molar-refractivity contribution in [2.24, 2.45) is 16.8 Å². The maximum Gasteiger partial charge on any atom is 0.332 e. The zero-order valence-electron chi connectivity index (χ0n) is 9.46. The fraction of sp³-hybridized carbons (Fsp3) is 0.818. The Morgan fingerprint density at radius 3 is 2.67 bits per heavy atom. The summed E-state index contributed by atoms with van der Waals surface area (Å²) < 4.78 is 0. The highest BCUT2D eigenvalue weighted by Crippen LogP contribution is 2.27. The number of hydrogen-bond acceptors (Lipinski definition) is 2. The third-order valence-corrected chi connectivity index (χ3v) is 3.00. The normalized spacial score (nSPS) is 18.9. The second kappa shape index (κ2) is 6.43. The predicted octanol–water partition coefficient (Wildman–Crippen LogP) is 2.39. The number of hydrogen-bond donors (Lipinski definition) is 2. The monoisotopic (exact) mass is 211 g/mol. The Kier molecular flexibility index (Phi) is 5.15. The summed E-state index contributed by atoms with van der Waals surface area (Å²) in [5.74, 6) is 0.859. The van der Waals surface area contributed by atoms with Crippen molar-refractivity contribution >= 4 is 11.7 Å². The van der Waals surface area contributed by atoms with E-state index in [0.29, 0.717) is 0 Å². The summed E-state index contributed by atoms with van der Waals surface area (Å²) in [5, 5.41) is 3.90. The number of urea groups is 1. The van der Waals surface area contributed by atoms with Gasteiger partial charge >= 0.3 is 6.03 Å². The van der Waals surface area contributed by atoms with Gasteiger partial charge in [-0.3, -0.25) is 0 Å². The lowest BCUT2D eigenvalue weighted by Crippen LogP contribution is -2.25. The van der Waals surface area contributed by atoms with Crippen LogP contribution in [0.5, 0.6) is 0 Å². The van der Waals surface area contributed by atoms with Crippen molar-refractivity contribution in [3.05, 3.63) is 0 Å². The number of rotatable bonds is 4. The highest BCUT2D eigenvalue weighted by Gasteiger charge is 2.13. The molecule has 0 radical (unpaired) electrons. The minimum absolute atomic E-state index is 0.591. The zero-order valence-corrected chi connectivity index (χ0v) is 9.46. The molecule has 4 heteroatoms. The summed E-state index contributed by atoms with van der Waals surface area (Å²) in [6.07, 6.45) is 9.02. The van der Waals surface area contributed by atoms with Crippen LogP contribution in [0.25, 0.3) is 0 Å². The third kappa shape index (κ3) is 5.40. The van der Waals surface area contributed by atoms with Crippen molar-refractivity contribution in [1.82, 2.24) is 5.43 Å². The van der Waals surface area contributed by atoms with E-state index in [1.54, 1.807) is 0 Å². The van der Waals surface area contributed by atoms with E-state index in [-0.39, 0.29) is 0 Å². The van der Waals surface area contributed by atoms with E-state index >= 15 is 0 Å². The number of carbonyl (C=O) groups excluding carboxylic acids is 1. The average Bonchev–Trinajstić information content (AvgIpc) is 2.25. The van der Waals surface area contributed by atoms with E-state index in [4.69, 9.17) is 5.73 Å².